The molecule has 0 bridgehead atoms. The van der Waals surface area contributed by atoms with E-state index in [1.165, 1.54) is 5.56 Å². The Kier molecular flexibility index (Phi) is 7.14. The Morgan fingerprint density at radius 3 is 2.54 bits per heavy atom. The molecule has 1 aliphatic heterocycles. The molecular formula is C22H27N3O3. The van der Waals surface area contributed by atoms with E-state index in [-0.39, 0.29) is 24.5 Å². The molecule has 6 nitrogen and oxygen atoms in total. The monoisotopic (exact) mass is 381 g/mol. The number of ketones is 1. The van der Waals surface area contributed by atoms with Gasteiger partial charge in [0.15, 0.2) is 5.78 Å². The Morgan fingerprint density at radius 2 is 1.82 bits per heavy atom. The van der Waals surface area contributed by atoms with Crippen LogP contribution in [0.25, 0.3) is 0 Å². The van der Waals surface area contributed by atoms with E-state index in [2.05, 4.69) is 16.0 Å². The van der Waals surface area contributed by atoms with Crippen molar-refractivity contribution in [1.29, 1.82) is 0 Å². The van der Waals surface area contributed by atoms with Crippen LogP contribution in [0, 0.1) is 0 Å². The molecule has 6 heteroatoms. The number of amides is 1. The number of piperazine rings is 1. The van der Waals surface area contributed by atoms with Gasteiger partial charge in [0.1, 0.15) is 5.75 Å². The summed E-state index contributed by atoms with van der Waals surface area (Å²) in [6.45, 7) is 6.48. The van der Waals surface area contributed by atoms with Gasteiger partial charge in [-0.25, -0.2) is 0 Å². The van der Waals surface area contributed by atoms with Crippen LogP contribution in [0.2, 0.25) is 0 Å². The highest BCUT2D eigenvalue weighted by molar-refractivity contribution is 5.97. The van der Waals surface area contributed by atoms with Gasteiger partial charge in [-0.05, 0) is 25.1 Å². The third kappa shape index (κ3) is 5.39. The summed E-state index contributed by atoms with van der Waals surface area (Å²) >= 11 is 0. The van der Waals surface area contributed by atoms with E-state index < -0.39 is 0 Å². The summed E-state index contributed by atoms with van der Waals surface area (Å²) in [4.78, 5) is 32.8. The SMILES string of the molecule is CCOc1ccccc1CN1CCN(C(=O)CCC(=O)c2cccnc2)CC1. The highest BCUT2D eigenvalue weighted by Gasteiger charge is 2.22. The molecule has 0 aliphatic carbocycles. The van der Waals surface area contributed by atoms with Crippen LogP contribution in [0.3, 0.4) is 0 Å². The van der Waals surface area contributed by atoms with Crippen molar-refractivity contribution in [2.75, 3.05) is 32.8 Å². The van der Waals surface area contributed by atoms with Gasteiger partial charge in [-0.3, -0.25) is 19.5 Å². The van der Waals surface area contributed by atoms with E-state index in [0.717, 1.165) is 25.4 Å². The number of aromatic nitrogens is 1. The molecule has 0 spiro atoms. The minimum absolute atomic E-state index is 0.0346. The minimum Gasteiger partial charge on any atom is -0.494 e. The fourth-order valence-corrected chi connectivity index (χ4v) is 3.38. The average Bonchev–Trinajstić information content (AvgIpc) is 2.74. The van der Waals surface area contributed by atoms with Gasteiger partial charge in [0.25, 0.3) is 0 Å². The predicted molar refractivity (Wildman–Crippen MR) is 107 cm³/mol. The third-order valence-corrected chi connectivity index (χ3v) is 4.94. The molecule has 148 valence electrons. The van der Waals surface area contributed by atoms with Gasteiger partial charge in [-0.1, -0.05) is 18.2 Å². The summed E-state index contributed by atoms with van der Waals surface area (Å²) in [6, 6.07) is 11.6. The molecule has 1 saturated heterocycles. The molecule has 0 radical (unpaired) electrons. The van der Waals surface area contributed by atoms with E-state index in [9.17, 15) is 9.59 Å². The van der Waals surface area contributed by atoms with Gasteiger partial charge in [-0.15, -0.1) is 0 Å². The number of benzene rings is 1. The summed E-state index contributed by atoms with van der Waals surface area (Å²) in [5, 5.41) is 0. The van der Waals surface area contributed by atoms with Crippen LogP contribution in [-0.4, -0.2) is 59.3 Å². The summed E-state index contributed by atoms with van der Waals surface area (Å²) in [6.07, 6.45) is 3.66. The highest BCUT2D eigenvalue weighted by Crippen LogP contribution is 2.20. The van der Waals surface area contributed by atoms with Crippen molar-refractivity contribution in [2.45, 2.75) is 26.3 Å². The van der Waals surface area contributed by atoms with Crippen molar-refractivity contribution < 1.29 is 14.3 Å². The van der Waals surface area contributed by atoms with Crippen molar-refractivity contribution in [2.24, 2.45) is 0 Å². The smallest absolute Gasteiger partial charge is 0.223 e. The van der Waals surface area contributed by atoms with Crippen LogP contribution in [0.1, 0.15) is 35.7 Å². The van der Waals surface area contributed by atoms with Gasteiger partial charge in [-0.2, -0.15) is 0 Å². The van der Waals surface area contributed by atoms with E-state index >= 15 is 0 Å². The second-order valence-electron chi connectivity index (χ2n) is 6.86. The van der Waals surface area contributed by atoms with Crippen molar-refractivity contribution >= 4 is 11.7 Å². The Hall–Kier alpha value is -2.73. The number of hydrogen-bond acceptors (Lipinski definition) is 5. The maximum atomic E-state index is 12.5. The first-order chi connectivity index (χ1) is 13.7. The summed E-state index contributed by atoms with van der Waals surface area (Å²) in [7, 11) is 0. The van der Waals surface area contributed by atoms with Gasteiger partial charge in [0.2, 0.25) is 5.91 Å². The zero-order valence-corrected chi connectivity index (χ0v) is 16.3. The van der Waals surface area contributed by atoms with Crippen LogP contribution in [-0.2, 0) is 11.3 Å². The molecular weight excluding hydrogens is 354 g/mol. The molecule has 28 heavy (non-hydrogen) atoms. The lowest BCUT2D eigenvalue weighted by Crippen LogP contribution is -2.48. The Morgan fingerprint density at radius 1 is 1.04 bits per heavy atom. The maximum absolute atomic E-state index is 12.5. The quantitative estimate of drug-likeness (QED) is 0.658. The standard InChI is InChI=1S/C22H27N3O3/c1-2-28-21-8-4-3-6-19(21)17-24-12-14-25(15-13-24)22(27)10-9-20(26)18-7-5-11-23-16-18/h3-8,11,16H,2,9-10,12-15,17H2,1H3. The Balaban J connectivity index is 1.45. The van der Waals surface area contributed by atoms with Gasteiger partial charge in [0, 0.05) is 69.1 Å². The van der Waals surface area contributed by atoms with Crippen molar-refractivity contribution in [1.82, 2.24) is 14.8 Å². The van der Waals surface area contributed by atoms with Gasteiger partial charge < -0.3 is 9.64 Å². The Labute approximate surface area is 166 Å². The van der Waals surface area contributed by atoms with E-state index in [1.807, 2.05) is 30.0 Å². The maximum Gasteiger partial charge on any atom is 0.223 e. The molecule has 1 fully saturated rings. The lowest BCUT2D eigenvalue weighted by Gasteiger charge is -2.35. The van der Waals surface area contributed by atoms with Crippen molar-refractivity contribution in [3.05, 3.63) is 59.9 Å². The fourth-order valence-electron chi connectivity index (χ4n) is 3.38. The number of carbonyl (C=O) groups excluding carboxylic acids is 2. The number of pyridine rings is 1. The predicted octanol–water partition coefficient (Wildman–Crippen LogP) is 2.79. The van der Waals surface area contributed by atoms with E-state index in [1.54, 1.807) is 24.5 Å². The molecule has 1 aromatic carbocycles. The molecule has 0 atom stereocenters. The van der Waals surface area contributed by atoms with E-state index in [0.29, 0.717) is 25.3 Å². The molecule has 0 N–H and O–H groups in total. The average molecular weight is 381 g/mol. The lowest BCUT2D eigenvalue weighted by atomic mass is 10.1. The number of para-hydroxylation sites is 1. The van der Waals surface area contributed by atoms with Crippen LogP contribution < -0.4 is 4.74 Å². The topological polar surface area (TPSA) is 62.7 Å². The van der Waals surface area contributed by atoms with Crippen LogP contribution in [0.4, 0.5) is 0 Å². The fraction of sp³-hybridized carbons (Fsp3) is 0.409. The molecule has 1 aromatic heterocycles. The Bertz CT molecular complexity index is 787. The highest BCUT2D eigenvalue weighted by atomic mass is 16.5. The molecule has 0 unspecified atom stereocenters. The van der Waals surface area contributed by atoms with Crippen LogP contribution in [0.5, 0.6) is 5.75 Å². The number of hydrogen-bond donors (Lipinski definition) is 0. The zero-order chi connectivity index (χ0) is 19.8. The normalized spacial score (nSPS) is 14.7. The second-order valence-corrected chi connectivity index (χ2v) is 6.86. The second kappa shape index (κ2) is 9.99. The molecule has 1 aliphatic rings. The first-order valence-electron chi connectivity index (χ1n) is 9.81. The zero-order valence-electron chi connectivity index (χ0n) is 16.3. The van der Waals surface area contributed by atoms with Crippen molar-refractivity contribution in [3.63, 3.8) is 0 Å². The van der Waals surface area contributed by atoms with E-state index in [4.69, 9.17) is 4.74 Å². The summed E-state index contributed by atoms with van der Waals surface area (Å²) < 4.78 is 5.70. The number of nitrogens with zero attached hydrogens (tertiary/aromatic N) is 3. The largest absolute Gasteiger partial charge is 0.494 e. The summed E-state index contributed by atoms with van der Waals surface area (Å²) in [5.74, 6) is 0.941. The minimum atomic E-state index is -0.0346. The van der Waals surface area contributed by atoms with Crippen LogP contribution in [0.15, 0.2) is 48.8 Å². The molecule has 3 rings (SSSR count). The number of ether oxygens (including phenoxy) is 1. The first-order valence-corrected chi connectivity index (χ1v) is 9.81. The summed E-state index contributed by atoms with van der Waals surface area (Å²) in [5.41, 5.74) is 1.74. The molecule has 0 saturated carbocycles. The number of Topliss-reactive ketones (excluding diaryl/α,β-unsaturated/α-hetero) is 1. The molecule has 1 amide bonds. The number of carbonyl (C=O) groups is 2. The molecule has 2 heterocycles. The number of rotatable bonds is 8. The van der Waals surface area contributed by atoms with Gasteiger partial charge in [0.05, 0.1) is 6.61 Å². The third-order valence-electron chi connectivity index (χ3n) is 4.94. The van der Waals surface area contributed by atoms with Crippen molar-refractivity contribution in [3.8, 4) is 5.75 Å². The molecule has 2 aromatic rings. The first kappa shape index (κ1) is 20.0. The van der Waals surface area contributed by atoms with Crippen LogP contribution >= 0.6 is 0 Å². The lowest BCUT2D eigenvalue weighted by molar-refractivity contribution is -0.133. The van der Waals surface area contributed by atoms with Gasteiger partial charge >= 0.3 is 0 Å².